The Morgan fingerprint density at radius 3 is 2.48 bits per heavy atom. The fourth-order valence-electron chi connectivity index (χ4n) is 2.65. The third-order valence-corrected chi connectivity index (χ3v) is 5.16. The minimum absolute atomic E-state index is 0.0207. The molecule has 0 aliphatic carbocycles. The van der Waals surface area contributed by atoms with Crippen LogP contribution >= 0.6 is 24.0 Å². The molecule has 0 saturated heterocycles. The number of thiocarbonyl (C=S) groups is 1. The molecule has 0 bridgehead atoms. The summed E-state index contributed by atoms with van der Waals surface area (Å²) in [5.41, 5.74) is -0.186. The van der Waals surface area contributed by atoms with E-state index >= 15 is 0 Å². The van der Waals surface area contributed by atoms with E-state index in [0.29, 0.717) is 11.5 Å². The van der Waals surface area contributed by atoms with Crippen LogP contribution in [0.25, 0.3) is 11.3 Å². The molecule has 0 aliphatic rings. The lowest BCUT2D eigenvalue weighted by molar-refractivity contribution is -0.141. The molecule has 0 atom stereocenters. The van der Waals surface area contributed by atoms with Crippen LogP contribution in [-0.2, 0) is 12.7 Å². The number of rotatable bonds is 6. The monoisotopic (exact) mass is 488 g/mol. The lowest BCUT2D eigenvalue weighted by Crippen LogP contribution is -2.29. The highest BCUT2D eigenvalue weighted by Crippen LogP contribution is 2.32. The number of alkyl halides is 3. The van der Waals surface area contributed by atoms with Gasteiger partial charge >= 0.3 is 6.18 Å². The van der Waals surface area contributed by atoms with E-state index in [1.165, 1.54) is 12.4 Å². The number of nitrogens with one attached hydrogen (secondary N) is 2. The second kappa shape index (κ2) is 9.96. The second-order valence-corrected chi connectivity index (χ2v) is 7.88. The van der Waals surface area contributed by atoms with Crippen molar-refractivity contribution in [3.63, 3.8) is 0 Å². The maximum Gasteiger partial charge on any atom is 0.433 e. The van der Waals surface area contributed by atoms with Crippen molar-refractivity contribution in [1.29, 1.82) is 0 Å². The molecule has 0 unspecified atom stereocenters. The summed E-state index contributed by atoms with van der Waals surface area (Å²) in [6, 6.07) is 15.6. The third-order valence-electron chi connectivity index (χ3n) is 4.10. The highest BCUT2D eigenvalue weighted by molar-refractivity contribution is 7.99. The summed E-state index contributed by atoms with van der Waals surface area (Å²) in [5.74, 6) is 0.989. The van der Waals surface area contributed by atoms with E-state index in [1.54, 1.807) is 12.1 Å². The predicted octanol–water partition coefficient (Wildman–Crippen LogP) is 5.18. The van der Waals surface area contributed by atoms with Crippen LogP contribution in [0.1, 0.15) is 11.5 Å². The average Bonchev–Trinajstić information content (AvgIpc) is 3.27. The van der Waals surface area contributed by atoms with Gasteiger partial charge in [0.2, 0.25) is 5.95 Å². The van der Waals surface area contributed by atoms with Crippen molar-refractivity contribution in [2.45, 2.75) is 22.9 Å². The van der Waals surface area contributed by atoms with Gasteiger partial charge in [-0.05, 0) is 42.2 Å². The molecular weight excluding hydrogens is 473 g/mol. The van der Waals surface area contributed by atoms with E-state index in [-0.39, 0.29) is 27.8 Å². The van der Waals surface area contributed by atoms with E-state index in [1.807, 2.05) is 36.4 Å². The molecule has 7 nitrogen and oxygen atoms in total. The van der Waals surface area contributed by atoms with Gasteiger partial charge in [0.1, 0.15) is 16.5 Å². The first-order valence-electron chi connectivity index (χ1n) is 9.47. The molecule has 0 fully saturated rings. The fraction of sp³-hybridized carbons (Fsp3) is 0.0952. The first-order chi connectivity index (χ1) is 15.9. The highest BCUT2D eigenvalue weighted by atomic mass is 32.2. The van der Waals surface area contributed by atoms with Crippen LogP contribution in [-0.4, -0.2) is 25.0 Å². The third kappa shape index (κ3) is 6.26. The molecule has 3 aromatic heterocycles. The Morgan fingerprint density at radius 1 is 1.00 bits per heavy atom. The second-order valence-electron chi connectivity index (χ2n) is 6.49. The molecule has 4 rings (SSSR count). The topological polar surface area (TPSA) is 88.8 Å². The minimum atomic E-state index is -4.66. The van der Waals surface area contributed by atoms with Crippen LogP contribution in [0.5, 0.6) is 0 Å². The van der Waals surface area contributed by atoms with E-state index in [4.69, 9.17) is 16.6 Å². The normalized spacial score (nSPS) is 11.2. The van der Waals surface area contributed by atoms with Gasteiger partial charge in [-0.2, -0.15) is 13.2 Å². The molecule has 1 aromatic carbocycles. The lowest BCUT2D eigenvalue weighted by atomic mass is 10.2. The summed E-state index contributed by atoms with van der Waals surface area (Å²) in [5, 5.41) is 5.78. The number of hydrogen-bond acceptors (Lipinski definition) is 7. The molecule has 0 aliphatic heterocycles. The van der Waals surface area contributed by atoms with Gasteiger partial charge in [0.15, 0.2) is 16.0 Å². The van der Waals surface area contributed by atoms with Crippen LogP contribution in [0.2, 0.25) is 0 Å². The number of halogens is 3. The van der Waals surface area contributed by atoms with Crippen molar-refractivity contribution in [3.8, 4) is 11.3 Å². The molecule has 12 heteroatoms. The number of benzene rings is 1. The van der Waals surface area contributed by atoms with Gasteiger partial charge in [-0.3, -0.25) is 0 Å². The van der Waals surface area contributed by atoms with E-state index in [0.717, 1.165) is 23.4 Å². The van der Waals surface area contributed by atoms with Crippen LogP contribution in [0, 0.1) is 0 Å². The number of hydrogen-bond donors (Lipinski definition) is 2. The van der Waals surface area contributed by atoms with Crippen molar-refractivity contribution in [2.24, 2.45) is 0 Å². The fourth-order valence-corrected chi connectivity index (χ4v) is 3.53. The van der Waals surface area contributed by atoms with Gasteiger partial charge in [-0.1, -0.05) is 30.3 Å². The standard InChI is InChI=1S/C21H15F3N6OS2/c22-21(23,24)16-11-17(33-20-25-9-4-10-26-20)29-18(28-16)30-19(32)27-12-14-7-8-15(31-14)13-5-2-1-3-6-13/h1-11H,12H2,(H2,27,28,29,30,32). The van der Waals surface area contributed by atoms with Crippen molar-refractivity contribution in [2.75, 3.05) is 5.32 Å². The summed E-state index contributed by atoms with van der Waals surface area (Å²) >= 11 is 6.07. The maximum absolute atomic E-state index is 13.3. The Morgan fingerprint density at radius 2 is 1.76 bits per heavy atom. The van der Waals surface area contributed by atoms with Gasteiger partial charge < -0.3 is 15.1 Å². The molecule has 3 heterocycles. The number of aromatic nitrogens is 4. The molecule has 0 amide bonds. The van der Waals surface area contributed by atoms with E-state index in [9.17, 15) is 13.2 Å². The molecule has 168 valence electrons. The molecule has 33 heavy (non-hydrogen) atoms. The van der Waals surface area contributed by atoms with Crippen molar-refractivity contribution in [1.82, 2.24) is 25.3 Å². The summed E-state index contributed by atoms with van der Waals surface area (Å²) in [4.78, 5) is 15.6. The molecule has 2 N–H and O–H groups in total. The Hall–Kier alpha value is -3.51. The van der Waals surface area contributed by atoms with Gasteiger partial charge in [-0.15, -0.1) is 0 Å². The molecule has 0 radical (unpaired) electrons. The summed E-state index contributed by atoms with van der Waals surface area (Å²) in [7, 11) is 0. The Bertz CT molecular complexity index is 1240. The zero-order chi connectivity index (χ0) is 23.3. The Balaban J connectivity index is 1.43. The molecule has 0 spiro atoms. The molecular formula is C21H15F3N6OS2. The van der Waals surface area contributed by atoms with Crippen LogP contribution < -0.4 is 10.6 Å². The predicted molar refractivity (Wildman–Crippen MR) is 120 cm³/mol. The smallest absolute Gasteiger partial charge is 0.433 e. The Labute approximate surface area is 195 Å². The quantitative estimate of drug-likeness (QED) is 0.216. The van der Waals surface area contributed by atoms with Crippen molar-refractivity contribution in [3.05, 3.63) is 78.4 Å². The zero-order valence-corrected chi connectivity index (χ0v) is 18.3. The molecule has 0 saturated carbocycles. The van der Waals surface area contributed by atoms with Crippen LogP contribution in [0.4, 0.5) is 19.1 Å². The maximum atomic E-state index is 13.3. The largest absolute Gasteiger partial charge is 0.459 e. The average molecular weight is 489 g/mol. The van der Waals surface area contributed by atoms with Gasteiger partial charge in [0.25, 0.3) is 0 Å². The van der Waals surface area contributed by atoms with Crippen molar-refractivity contribution >= 4 is 35.0 Å². The summed E-state index contributed by atoms with van der Waals surface area (Å²) in [6.45, 7) is 0.219. The zero-order valence-electron chi connectivity index (χ0n) is 16.7. The first-order valence-corrected chi connectivity index (χ1v) is 10.7. The summed E-state index contributed by atoms with van der Waals surface area (Å²) in [6.07, 6.45) is -1.70. The Kier molecular flexibility index (Phi) is 6.84. The van der Waals surface area contributed by atoms with Crippen LogP contribution in [0.3, 0.4) is 0 Å². The number of nitrogens with zero attached hydrogens (tertiary/aromatic N) is 4. The van der Waals surface area contributed by atoms with Gasteiger partial charge in [-0.25, -0.2) is 19.9 Å². The van der Waals surface area contributed by atoms with Crippen molar-refractivity contribution < 1.29 is 17.6 Å². The van der Waals surface area contributed by atoms with Gasteiger partial charge in [0.05, 0.1) is 6.54 Å². The minimum Gasteiger partial charge on any atom is -0.459 e. The lowest BCUT2D eigenvalue weighted by Gasteiger charge is -2.12. The van der Waals surface area contributed by atoms with Gasteiger partial charge in [0, 0.05) is 24.0 Å². The SMILES string of the molecule is FC(F)(F)c1cc(Sc2ncccn2)nc(NC(=S)NCc2ccc(-c3ccccc3)o2)n1. The summed E-state index contributed by atoms with van der Waals surface area (Å²) < 4.78 is 45.7. The first kappa shape index (κ1) is 22.7. The van der Waals surface area contributed by atoms with E-state index in [2.05, 4.69) is 30.6 Å². The molecule has 4 aromatic rings. The highest BCUT2D eigenvalue weighted by Gasteiger charge is 2.34. The van der Waals surface area contributed by atoms with Crippen LogP contribution in [0.15, 0.2) is 81.6 Å². The number of furan rings is 1. The van der Waals surface area contributed by atoms with E-state index < -0.39 is 11.9 Å². The number of anilines is 1.